The molecule has 9 nitrogen and oxygen atoms in total. The summed E-state index contributed by atoms with van der Waals surface area (Å²) in [5, 5.41) is 8.72. The zero-order chi connectivity index (χ0) is 23.6. The number of nitrogens with one attached hydrogen (secondary N) is 1. The smallest absolute Gasteiger partial charge is 0.271 e. The molecule has 1 N–H and O–H groups in total. The van der Waals surface area contributed by atoms with E-state index in [1.165, 1.54) is 23.4 Å². The van der Waals surface area contributed by atoms with Crippen molar-refractivity contribution in [2.45, 2.75) is 24.3 Å². The fourth-order valence-electron chi connectivity index (χ4n) is 3.87. The van der Waals surface area contributed by atoms with Crippen molar-refractivity contribution in [3.63, 3.8) is 0 Å². The van der Waals surface area contributed by atoms with Crippen LogP contribution in [-0.4, -0.2) is 74.3 Å². The molecule has 2 aliphatic rings. The lowest BCUT2D eigenvalue weighted by Gasteiger charge is -2.31. The fraction of sp³-hybridized carbons (Fsp3) is 0.348. The van der Waals surface area contributed by atoms with Crippen LogP contribution in [0.15, 0.2) is 64.6 Å². The molecule has 10 heteroatoms. The van der Waals surface area contributed by atoms with Gasteiger partial charge in [0.05, 0.1) is 10.6 Å². The Morgan fingerprint density at radius 1 is 0.970 bits per heavy atom. The lowest BCUT2D eigenvalue weighted by Crippen LogP contribution is -2.46. The summed E-state index contributed by atoms with van der Waals surface area (Å²) in [5.41, 5.74) is 1.43. The SMILES string of the molecule is CC(=O)C1CC(C(=O)Nc2ccc(S(=O)(=O)N3CCN(C)CC3)cc2)=NN1c1ccccc1. The third-order valence-electron chi connectivity index (χ3n) is 5.87. The van der Waals surface area contributed by atoms with Gasteiger partial charge in [0.25, 0.3) is 5.91 Å². The average Bonchev–Trinajstić information content (AvgIpc) is 3.27. The van der Waals surface area contributed by atoms with E-state index in [0.717, 1.165) is 5.69 Å². The Morgan fingerprint density at radius 3 is 2.21 bits per heavy atom. The molecule has 0 saturated carbocycles. The summed E-state index contributed by atoms with van der Waals surface area (Å²) >= 11 is 0. The Hall–Kier alpha value is -3.08. The van der Waals surface area contributed by atoms with Gasteiger partial charge >= 0.3 is 0 Å². The number of para-hydroxylation sites is 1. The second-order valence-electron chi connectivity index (χ2n) is 8.24. The predicted octanol–water partition coefficient (Wildman–Crippen LogP) is 1.79. The first kappa shape index (κ1) is 23.1. The van der Waals surface area contributed by atoms with Gasteiger partial charge in [0.15, 0.2) is 5.78 Å². The first-order valence-corrected chi connectivity index (χ1v) is 12.2. The van der Waals surface area contributed by atoms with Crippen LogP contribution in [0.3, 0.4) is 0 Å². The topological polar surface area (TPSA) is 102 Å². The van der Waals surface area contributed by atoms with E-state index in [9.17, 15) is 18.0 Å². The predicted molar refractivity (Wildman–Crippen MR) is 127 cm³/mol. The van der Waals surface area contributed by atoms with Gasteiger partial charge in [-0.2, -0.15) is 9.41 Å². The number of sulfonamides is 1. The van der Waals surface area contributed by atoms with Crippen LogP contribution in [0, 0.1) is 0 Å². The van der Waals surface area contributed by atoms with Crippen LogP contribution in [0.4, 0.5) is 11.4 Å². The molecule has 0 radical (unpaired) electrons. The molecule has 4 rings (SSSR count). The van der Waals surface area contributed by atoms with Gasteiger partial charge in [-0.3, -0.25) is 14.6 Å². The molecule has 0 aliphatic carbocycles. The lowest BCUT2D eigenvalue weighted by atomic mass is 10.1. The first-order chi connectivity index (χ1) is 15.8. The van der Waals surface area contributed by atoms with Crippen molar-refractivity contribution in [3.8, 4) is 0 Å². The number of benzene rings is 2. The minimum Gasteiger partial charge on any atom is -0.321 e. The number of likely N-dealkylation sites (N-methyl/N-ethyl adjacent to an activating group) is 1. The Bertz CT molecular complexity index is 1160. The number of Topliss-reactive ketones (excluding diaryl/α,β-unsaturated/α-hetero) is 1. The highest BCUT2D eigenvalue weighted by Gasteiger charge is 2.34. The Labute approximate surface area is 193 Å². The molecule has 1 fully saturated rings. The van der Waals surface area contributed by atoms with Gasteiger partial charge in [0, 0.05) is 38.3 Å². The normalized spacial score (nSPS) is 19.9. The number of carbonyl (C=O) groups is 2. The van der Waals surface area contributed by atoms with Crippen molar-refractivity contribution in [2.75, 3.05) is 43.6 Å². The van der Waals surface area contributed by atoms with Crippen molar-refractivity contribution >= 4 is 38.8 Å². The molecule has 2 aromatic rings. The summed E-state index contributed by atoms with van der Waals surface area (Å²) in [4.78, 5) is 27.2. The molecular weight excluding hydrogens is 442 g/mol. The van der Waals surface area contributed by atoms with Gasteiger partial charge in [0.1, 0.15) is 11.8 Å². The highest BCUT2D eigenvalue weighted by molar-refractivity contribution is 7.89. The number of piperazine rings is 1. The number of rotatable bonds is 6. The zero-order valence-electron chi connectivity index (χ0n) is 18.6. The molecule has 174 valence electrons. The number of ketones is 1. The summed E-state index contributed by atoms with van der Waals surface area (Å²) in [5.74, 6) is -0.502. The van der Waals surface area contributed by atoms with E-state index in [-0.39, 0.29) is 22.8 Å². The number of hydrazone groups is 1. The molecule has 1 saturated heterocycles. The van der Waals surface area contributed by atoms with E-state index in [0.29, 0.717) is 31.9 Å². The Kier molecular flexibility index (Phi) is 6.59. The van der Waals surface area contributed by atoms with Crippen molar-refractivity contribution in [2.24, 2.45) is 5.10 Å². The van der Waals surface area contributed by atoms with Gasteiger partial charge in [-0.15, -0.1) is 0 Å². The Balaban J connectivity index is 1.46. The number of nitrogens with zero attached hydrogens (tertiary/aromatic N) is 4. The molecule has 1 amide bonds. The maximum atomic E-state index is 12.9. The largest absolute Gasteiger partial charge is 0.321 e. The maximum Gasteiger partial charge on any atom is 0.271 e. The maximum absolute atomic E-state index is 12.9. The van der Waals surface area contributed by atoms with Gasteiger partial charge in [-0.05, 0) is 50.4 Å². The fourth-order valence-corrected chi connectivity index (χ4v) is 5.30. The van der Waals surface area contributed by atoms with Crippen molar-refractivity contribution < 1.29 is 18.0 Å². The van der Waals surface area contributed by atoms with Crippen molar-refractivity contribution in [3.05, 3.63) is 54.6 Å². The standard InChI is InChI=1S/C23H27N5O4S/c1-17(29)22-16-21(25-28(22)19-6-4-3-5-7-19)23(30)24-18-8-10-20(11-9-18)33(31,32)27-14-12-26(2)13-15-27/h3-11,22H,12-16H2,1-2H3,(H,24,30). The average molecular weight is 470 g/mol. The van der Waals surface area contributed by atoms with Crippen LogP contribution < -0.4 is 10.3 Å². The highest BCUT2D eigenvalue weighted by Crippen LogP contribution is 2.26. The summed E-state index contributed by atoms with van der Waals surface area (Å²) in [6.45, 7) is 3.77. The number of amides is 1. The molecule has 2 aliphatic heterocycles. The molecule has 2 aromatic carbocycles. The quantitative estimate of drug-likeness (QED) is 0.692. The van der Waals surface area contributed by atoms with E-state index in [1.54, 1.807) is 17.1 Å². The van der Waals surface area contributed by atoms with Gasteiger partial charge in [-0.1, -0.05) is 18.2 Å². The Morgan fingerprint density at radius 2 is 1.61 bits per heavy atom. The zero-order valence-corrected chi connectivity index (χ0v) is 19.5. The minimum atomic E-state index is -3.58. The van der Waals surface area contributed by atoms with Crippen LogP contribution in [0.1, 0.15) is 13.3 Å². The summed E-state index contributed by atoms with van der Waals surface area (Å²) < 4.78 is 27.2. The van der Waals surface area contributed by atoms with E-state index in [2.05, 4.69) is 15.3 Å². The summed E-state index contributed by atoms with van der Waals surface area (Å²) in [6, 6.07) is 14.8. The van der Waals surface area contributed by atoms with E-state index >= 15 is 0 Å². The molecule has 0 spiro atoms. The summed E-state index contributed by atoms with van der Waals surface area (Å²) in [7, 11) is -1.61. The van der Waals surface area contributed by atoms with E-state index in [4.69, 9.17) is 0 Å². The molecule has 0 aromatic heterocycles. The molecule has 33 heavy (non-hydrogen) atoms. The monoisotopic (exact) mass is 469 g/mol. The van der Waals surface area contributed by atoms with E-state index in [1.807, 2.05) is 37.4 Å². The molecule has 1 unspecified atom stereocenters. The van der Waals surface area contributed by atoms with Crippen molar-refractivity contribution in [1.29, 1.82) is 0 Å². The second kappa shape index (κ2) is 9.42. The first-order valence-electron chi connectivity index (χ1n) is 10.8. The number of carbonyl (C=O) groups excluding carboxylic acids is 2. The number of hydrogen-bond donors (Lipinski definition) is 1. The third kappa shape index (κ3) is 4.97. The molecular formula is C23H27N5O4S. The van der Waals surface area contributed by atoms with Gasteiger partial charge in [-0.25, -0.2) is 8.42 Å². The lowest BCUT2D eigenvalue weighted by molar-refractivity contribution is -0.118. The van der Waals surface area contributed by atoms with Crippen LogP contribution in [-0.2, 0) is 19.6 Å². The number of hydrogen-bond acceptors (Lipinski definition) is 7. The van der Waals surface area contributed by atoms with Crippen molar-refractivity contribution in [1.82, 2.24) is 9.21 Å². The molecule has 0 bridgehead atoms. The highest BCUT2D eigenvalue weighted by atomic mass is 32.2. The van der Waals surface area contributed by atoms with Crippen LogP contribution in [0.2, 0.25) is 0 Å². The van der Waals surface area contributed by atoms with Crippen LogP contribution in [0.25, 0.3) is 0 Å². The second-order valence-corrected chi connectivity index (χ2v) is 10.2. The summed E-state index contributed by atoms with van der Waals surface area (Å²) in [6.07, 6.45) is 0.200. The minimum absolute atomic E-state index is 0.0798. The molecule has 2 heterocycles. The van der Waals surface area contributed by atoms with Gasteiger partial charge < -0.3 is 10.2 Å². The van der Waals surface area contributed by atoms with Crippen LogP contribution >= 0.6 is 0 Å². The molecule has 1 atom stereocenters. The van der Waals surface area contributed by atoms with E-state index < -0.39 is 22.0 Å². The number of anilines is 2. The van der Waals surface area contributed by atoms with Crippen LogP contribution in [0.5, 0.6) is 0 Å². The third-order valence-corrected chi connectivity index (χ3v) is 7.79. The van der Waals surface area contributed by atoms with Gasteiger partial charge in [0.2, 0.25) is 10.0 Å².